The predicted molar refractivity (Wildman–Crippen MR) is 127 cm³/mol. The molecule has 0 radical (unpaired) electrons. The maximum Gasteiger partial charge on any atom is 0.257 e. The number of ether oxygens (including phenoxy) is 1. The Morgan fingerprint density at radius 1 is 1.06 bits per heavy atom. The Kier molecular flexibility index (Phi) is 5.20. The van der Waals surface area contributed by atoms with E-state index < -0.39 is 0 Å². The molecule has 5 aromatic rings. The Morgan fingerprint density at radius 2 is 1.81 bits per heavy atom. The minimum atomic E-state index is -0.265. The van der Waals surface area contributed by atoms with Crippen molar-refractivity contribution in [1.29, 1.82) is 0 Å². The summed E-state index contributed by atoms with van der Waals surface area (Å²) in [7, 11) is 1.63. The molecular formula is C24H21N5O2S. The quantitative estimate of drug-likeness (QED) is 0.410. The fourth-order valence-electron chi connectivity index (χ4n) is 3.68. The smallest absolute Gasteiger partial charge is 0.257 e. The lowest BCUT2D eigenvalue weighted by Crippen LogP contribution is -2.23. The van der Waals surface area contributed by atoms with Gasteiger partial charge in [0.05, 0.1) is 31.2 Å². The lowest BCUT2D eigenvalue weighted by Gasteiger charge is -2.09. The summed E-state index contributed by atoms with van der Waals surface area (Å²) >= 11 is 1.59. The van der Waals surface area contributed by atoms with E-state index in [2.05, 4.69) is 5.32 Å². The van der Waals surface area contributed by atoms with Gasteiger partial charge < -0.3 is 20.4 Å². The molecule has 0 saturated heterocycles. The molecule has 0 fully saturated rings. The number of carbonyl (C=O) groups excluding carboxylic acids is 1. The zero-order valence-electron chi connectivity index (χ0n) is 17.4. The Hall–Kier alpha value is -3.91. The van der Waals surface area contributed by atoms with E-state index in [0.717, 1.165) is 21.7 Å². The van der Waals surface area contributed by atoms with Crippen molar-refractivity contribution in [2.75, 3.05) is 12.8 Å². The van der Waals surface area contributed by atoms with Gasteiger partial charge in [-0.3, -0.25) is 4.79 Å². The second-order valence-electron chi connectivity index (χ2n) is 7.34. The van der Waals surface area contributed by atoms with Crippen LogP contribution in [0.5, 0.6) is 5.75 Å². The van der Waals surface area contributed by atoms with Crippen molar-refractivity contribution in [3.05, 3.63) is 82.0 Å². The van der Waals surface area contributed by atoms with Crippen molar-refractivity contribution in [2.45, 2.75) is 13.1 Å². The van der Waals surface area contributed by atoms with Crippen molar-refractivity contribution in [3.8, 4) is 5.75 Å². The molecule has 0 aliphatic rings. The van der Waals surface area contributed by atoms with Gasteiger partial charge in [0.1, 0.15) is 22.6 Å². The van der Waals surface area contributed by atoms with Gasteiger partial charge in [-0.25, -0.2) is 9.97 Å². The molecule has 0 saturated carbocycles. The van der Waals surface area contributed by atoms with Gasteiger partial charge in [-0.15, -0.1) is 11.3 Å². The number of nitrogen functional groups attached to an aromatic ring is 1. The SMILES string of the molecule is COc1ccc(Cn2c(N)c(C(=O)NCc3cccs3)c3nc4ccccc4nc32)cc1. The van der Waals surface area contributed by atoms with Crippen LogP contribution in [-0.2, 0) is 13.1 Å². The van der Waals surface area contributed by atoms with Crippen LogP contribution in [0.15, 0.2) is 66.0 Å². The molecule has 2 aromatic carbocycles. The molecule has 0 bridgehead atoms. The molecule has 0 aliphatic heterocycles. The molecule has 3 aromatic heterocycles. The highest BCUT2D eigenvalue weighted by molar-refractivity contribution is 7.09. The molecule has 7 nitrogen and oxygen atoms in total. The molecule has 0 aliphatic carbocycles. The van der Waals surface area contributed by atoms with Gasteiger partial charge in [-0.05, 0) is 41.3 Å². The summed E-state index contributed by atoms with van der Waals surface area (Å²) in [4.78, 5) is 23.8. The highest BCUT2D eigenvalue weighted by Gasteiger charge is 2.24. The van der Waals surface area contributed by atoms with Crippen LogP contribution in [0, 0.1) is 0 Å². The second-order valence-corrected chi connectivity index (χ2v) is 8.37. The summed E-state index contributed by atoms with van der Waals surface area (Å²) in [6.45, 7) is 0.889. The van der Waals surface area contributed by atoms with Gasteiger partial charge >= 0.3 is 0 Å². The number of amides is 1. The fourth-order valence-corrected chi connectivity index (χ4v) is 4.33. The maximum absolute atomic E-state index is 13.2. The van der Waals surface area contributed by atoms with E-state index in [4.69, 9.17) is 20.4 Å². The number of aromatic nitrogens is 3. The summed E-state index contributed by atoms with van der Waals surface area (Å²) in [6, 6.07) is 19.3. The van der Waals surface area contributed by atoms with Gasteiger partial charge in [-0.2, -0.15) is 0 Å². The number of hydrogen-bond acceptors (Lipinski definition) is 6. The minimum absolute atomic E-state index is 0.265. The van der Waals surface area contributed by atoms with Crippen LogP contribution in [0.3, 0.4) is 0 Å². The normalized spacial score (nSPS) is 11.2. The summed E-state index contributed by atoms with van der Waals surface area (Å²) in [6.07, 6.45) is 0. The average Bonchev–Trinajstić information content (AvgIpc) is 3.43. The van der Waals surface area contributed by atoms with Gasteiger partial charge in [0.2, 0.25) is 0 Å². The van der Waals surface area contributed by atoms with E-state index >= 15 is 0 Å². The molecule has 160 valence electrons. The third kappa shape index (κ3) is 3.65. The number of anilines is 1. The predicted octanol–water partition coefficient (Wildman–Crippen LogP) is 4.22. The largest absolute Gasteiger partial charge is 0.497 e. The number of para-hydroxylation sites is 2. The zero-order valence-corrected chi connectivity index (χ0v) is 18.2. The monoisotopic (exact) mass is 443 g/mol. The number of benzene rings is 2. The molecule has 0 unspecified atom stereocenters. The first-order valence-electron chi connectivity index (χ1n) is 10.1. The minimum Gasteiger partial charge on any atom is -0.497 e. The van der Waals surface area contributed by atoms with E-state index in [-0.39, 0.29) is 5.91 Å². The lowest BCUT2D eigenvalue weighted by atomic mass is 10.2. The van der Waals surface area contributed by atoms with Crippen LogP contribution in [0.4, 0.5) is 5.82 Å². The van der Waals surface area contributed by atoms with Gasteiger partial charge in [0, 0.05) is 4.88 Å². The van der Waals surface area contributed by atoms with Crippen LogP contribution >= 0.6 is 11.3 Å². The lowest BCUT2D eigenvalue weighted by molar-refractivity contribution is 0.0953. The van der Waals surface area contributed by atoms with Crippen molar-refractivity contribution < 1.29 is 9.53 Å². The highest BCUT2D eigenvalue weighted by Crippen LogP contribution is 2.29. The number of fused-ring (bicyclic) bond motifs is 2. The number of rotatable bonds is 6. The summed E-state index contributed by atoms with van der Waals surface area (Å²) in [5.41, 5.74) is 10.4. The van der Waals surface area contributed by atoms with Crippen LogP contribution in [-0.4, -0.2) is 27.6 Å². The van der Waals surface area contributed by atoms with Crippen LogP contribution in [0.25, 0.3) is 22.2 Å². The molecule has 3 N–H and O–H groups in total. The molecule has 3 heterocycles. The van der Waals surface area contributed by atoms with Crippen molar-refractivity contribution in [1.82, 2.24) is 19.9 Å². The van der Waals surface area contributed by atoms with Gasteiger partial charge in [-0.1, -0.05) is 30.3 Å². The maximum atomic E-state index is 13.2. The van der Waals surface area contributed by atoms with Crippen molar-refractivity contribution in [3.63, 3.8) is 0 Å². The first-order chi connectivity index (χ1) is 15.6. The van der Waals surface area contributed by atoms with E-state index in [1.165, 1.54) is 0 Å². The topological polar surface area (TPSA) is 95.1 Å². The standard InChI is InChI=1S/C24H21N5O2S/c1-31-16-10-8-15(9-11-16)14-29-22(25)20(24(30)26-13-17-5-4-12-32-17)21-23(29)28-19-7-3-2-6-18(19)27-21/h2-12H,13-14,25H2,1H3,(H,26,30). The van der Waals surface area contributed by atoms with E-state index in [9.17, 15) is 4.79 Å². The second kappa shape index (κ2) is 8.32. The van der Waals surface area contributed by atoms with Crippen molar-refractivity contribution in [2.24, 2.45) is 0 Å². The number of methoxy groups -OCH3 is 1. The molecule has 0 atom stereocenters. The molecule has 1 amide bonds. The third-order valence-electron chi connectivity index (χ3n) is 5.32. The highest BCUT2D eigenvalue weighted by atomic mass is 32.1. The Balaban J connectivity index is 1.60. The van der Waals surface area contributed by atoms with Crippen LogP contribution < -0.4 is 15.8 Å². The zero-order chi connectivity index (χ0) is 22.1. The molecule has 32 heavy (non-hydrogen) atoms. The van der Waals surface area contributed by atoms with Crippen LogP contribution in [0.1, 0.15) is 20.8 Å². The summed E-state index contributed by atoms with van der Waals surface area (Å²) < 4.78 is 7.09. The van der Waals surface area contributed by atoms with Crippen LogP contribution in [0.2, 0.25) is 0 Å². The number of nitrogens with two attached hydrogens (primary N) is 1. The molecule has 5 rings (SSSR count). The summed E-state index contributed by atoms with van der Waals surface area (Å²) in [5.74, 6) is 0.854. The molecular weight excluding hydrogens is 422 g/mol. The summed E-state index contributed by atoms with van der Waals surface area (Å²) in [5, 5.41) is 4.95. The fraction of sp³-hybridized carbons (Fsp3) is 0.125. The first kappa shape index (κ1) is 20.0. The number of carbonyl (C=O) groups is 1. The average molecular weight is 444 g/mol. The van der Waals surface area contributed by atoms with Crippen molar-refractivity contribution >= 4 is 45.3 Å². The van der Waals surface area contributed by atoms with E-state index in [1.54, 1.807) is 18.4 Å². The Morgan fingerprint density at radius 3 is 2.50 bits per heavy atom. The number of nitrogens with zero attached hydrogens (tertiary/aromatic N) is 3. The van der Waals surface area contributed by atoms with Gasteiger partial charge in [0.25, 0.3) is 5.91 Å². The van der Waals surface area contributed by atoms with E-state index in [1.807, 2.05) is 70.6 Å². The molecule has 8 heteroatoms. The number of hydrogen-bond donors (Lipinski definition) is 2. The van der Waals surface area contributed by atoms with E-state index in [0.29, 0.717) is 41.2 Å². The Bertz CT molecular complexity index is 1410. The van der Waals surface area contributed by atoms with Gasteiger partial charge in [0.15, 0.2) is 5.65 Å². The molecule has 0 spiro atoms. The number of thiophene rings is 1. The third-order valence-corrected chi connectivity index (χ3v) is 6.20. The number of nitrogens with one attached hydrogen (secondary N) is 1. The Labute approximate surface area is 188 Å². The first-order valence-corrected chi connectivity index (χ1v) is 11.0.